The average molecular weight is 504 g/mol. The maximum Gasteiger partial charge on any atom is 0.200 e. The molecule has 0 unspecified atom stereocenters. The largest absolute Gasteiger partial charge is 0.456 e. The van der Waals surface area contributed by atoms with Crippen LogP contribution in [0, 0.1) is 0 Å². The van der Waals surface area contributed by atoms with Crippen molar-refractivity contribution >= 4 is 21.9 Å². The van der Waals surface area contributed by atoms with Gasteiger partial charge in [-0.15, -0.1) is 0 Å². The molecule has 5 heteroatoms. The van der Waals surface area contributed by atoms with Gasteiger partial charge in [0.05, 0.1) is 10.8 Å². The van der Waals surface area contributed by atoms with Crippen molar-refractivity contribution in [1.82, 2.24) is 15.0 Å². The minimum absolute atomic E-state index is 0.0518. The normalized spacial score (nSPS) is 11.2. The first-order chi connectivity index (χ1) is 19.2. The van der Waals surface area contributed by atoms with Crippen LogP contribution < -0.4 is 5.43 Å². The number of para-hydroxylation sites is 1. The minimum atomic E-state index is -0.0518. The van der Waals surface area contributed by atoms with Crippen molar-refractivity contribution in [1.29, 1.82) is 0 Å². The number of hydrogen-bond acceptors (Lipinski definition) is 5. The van der Waals surface area contributed by atoms with Crippen LogP contribution in [0.3, 0.4) is 0 Å². The lowest BCUT2D eigenvalue weighted by Crippen LogP contribution is -2.03. The highest BCUT2D eigenvalue weighted by molar-refractivity contribution is 5.93. The molecule has 0 atom stereocenters. The Kier molecular flexibility index (Phi) is 5.52. The average Bonchev–Trinajstić information content (AvgIpc) is 3.02. The van der Waals surface area contributed by atoms with E-state index in [0.29, 0.717) is 39.4 Å². The smallest absolute Gasteiger partial charge is 0.200 e. The summed E-state index contributed by atoms with van der Waals surface area (Å²) in [4.78, 5) is 28.0. The molecule has 0 aliphatic heterocycles. The van der Waals surface area contributed by atoms with Crippen LogP contribution >= 0.6 is 0 Å². The summed E-state index contributed by atoms with van der Waals surface area (Å²) in [5, 5.41) is 1.10. The third kappa shape index (κ3) is 4.16. The Morgan fingerprint density at radius 3 is 1.67 bits per heavy atom. The molecular weight excluding hydrogens is 482 g/mol. The predicted octanol–water partition coefficient (Wildman–Crippen LogP) is 7.80. The molecule has 0 saturated carbocycles. The van der Waals surface area contributed by atoms with Gasteiger partial charge >= 0.3 is 0 Å². The molecule has 2 heterocycles. The molecule has 0 bridgehead atoms. The SMILES string of the molecule is O=c1c2ccccc2oc2ccc(-c3ccccc3-c3nc(-c4ccccc4)nc(-c4ccccc4)n3)cc12. The first-order valence-corrected chi connectivity index (χ1v) is 12.7. The van der Waals surface area contributed by atoms with Gasteiger partial charge in [0.2, 0.25) is 5.43 Å². The molecule has 0 fully saturated rings. The van der Waals surface area contributed by atoms with Crippen molar-refractivity contribution in [2.24, 2.45) is 0 Å². The number of rotatable bonds is 4. The Labute approximate surface area is 224 Å². The molecule has 39 heavy (non-hydrogen) atoms. The zero-order valence-corrected chi connectivity index (χ0v) is 20.8. The number of aromatic nitrogens is 3. The van der Waals surface area contributed by atoms with Crippen molar-refractivity contribution < 1.29 is 4.42 Å². The highest BCUT2D eigenvalue weighted by Gasteiger charge is 2.16. The Balaban J connectivity index is 1.44. The number of fused-ring (bicyclic) bond motifs is 2. The summed E-state index contributed by atoms with van der Waals surface area (Å²) in [6.45, 7) is 0. The van der Waals surface area contributed by atoms with E-state index in [1.165, 1.54) is 0 Å². The van der Waals surface area contributed by atoms with Gasteiger partial charge in [0.15, 0.2) is 17.5 Å². The molecule has 0 amide bonds. The van der Waals surface area contributed by atoms with Gasteiger partial charge in [0.1, 0.15) is 11.2 Å². The molecule has 0 spiro atoms. The molecule has 0 saturated heterocycles. The van der Waals surface area contributed by atoms with Crippen LogP contribution in [0.15, 0.2) is 137 Å². The van der Waals surface area contributed by atoms with Gasteiger partial charge in [0.25, 0.3) is 0 Å². The maximum absolute atomic E-state index is 13.3. The third-order valence-corrected chi connectivity index (χ3v) is 6.75. The molecule has 0 aliphatic carbocycles. The van der Waals surface area contributed by atoms with Gasteiger partial charge in [-0.2, -0.15) is 0 Å². The summed E-state index contributed by atoms with van der Waals surface area (Å²) in [6, 6.07) is 40.8. The van der Waals surface area contributed by atoms with E-state index in [9.17, 15) is 4.79 Å². The maximum atomic E-state index is 13.3. The third-order valence-electron chi connectivity index (χ3n) is 6.75. The van der Waals surface area contributed by atoms with Crippen LogP contribution in [0.5, 0.6) is 0 Å². The molecule has 2 aromatic heterocycles. The van der Waals surface area contributed by atoms with Crippen molar-refractivity contribution in [3.8, 4) is 45.3 Å². The Morgan fingerprint density at radius 1 is 0.436 bits per heavy atom. The lowest BCUT2D eigenvalue weighted by molar-refractivity contribution is 0.660. The zero-order valence-electron chi connectivity index (χ0n) is 20.8. The summed E-state index contributed by atoms with van der Waals surface area (Å²) in [5.74, 6) is 1.75. The van der Waals surface area contributed by atoms with E-state index in [2.05, 4.69) is 0 Å². The second kappa shape index (κ2) is 9.47. The molecule has 0 aliphatic rings. The monoisotopic (exact) mass is 503 g/mol. The number of hydrogen-bond donors (Lipinski definition) is 0. The molecular formula is C34H21N3O2. The van der Waals surface area contributed by atoms with Gasteiger partial charge < -0.3 is 4.42 Å². The fraction of sp³-hybridized carbons (Fsp3) is 0. The van der Waals surface area contributed by atoms with Gasteiger partial charge in [-0.1, -0.05) is 103 Å². The summed E-state index contributed by atoms with van der Waals surface area (Å²) >= 11 is 0. The van der Waals surface area contributed by atoms with E-state index >= 15 is 0 Å². The van der Waals surface area contributed by atoms with E-state index in [-0.39, 0.29) is 5.43 Å². The predicted molar refractivity (Wildman–Crippen MR) is 155 cm³/mol. The van der Waals surface area contributed by atoms with Crippen LogP contribution in [-0.2, 0) is 0 Å². The van der Waals surface area contributed by atoms with Crippen molar-refractivity contribution in [3.05, 3.63) is 138 Å². The lowest BCUT2D eigenvalue weighted by atomic mass is 9.97. The quantitative estimate of drug-likeness (QED) is 0.229. The zero-order chi connectivity index (χ0) is 26.2. The van der Waals surface area contributed by atoms with E-state index in [4.69, 9.17) is 19.4 Å². The van der Waals surface area contributed by atoms with E-state index in [1.54, 1.807) is 6.07 Å². The highest BCUT2D eigenvalue weighted by Crippen LogP contribution is 2.34. The Hall–Kier alpha value is -5.42. The van der Waals surface area contributed by atoms with Gasteiger partial charge in [-0.25, -0.2) is 15.0 Å². The minimum Gasteiger partial charge on any atom is -0.456 e. The van der Waals surface area contributed by atoms with Crippen LogP contribution in [0.25, 0.3) is 67.2 Å². The second-order valence-electron chi connectivity index (χ2n) is 9.22. The Morgan fingerprint density at radius 2 is 0.974 bits per heavy atom. The van der Waals surface area contributed by atoms with Gasteiger partial charge in [-0.05, 0) is 35.4 Å². The molecule has 5 nitrogen and oxygen atoms in total. The fourth-order valence-electron chi connectivity index (χ4n) is 4.83. The number of nitrogens with zero attached hydrogens (tertiary/aromatic N) is 3. The van der Waals surface area contributed by atoms with E-state index in [0.717, 1.165) is 27.8 Å². The summed E-state index contributed by atoms with van der Waals surface area (Å²) in [7, 11) is 0. The topological polar surface area (TPSA) is 68.9 Å². The van der Waals surface area contributed by atoms with Gasteiger partial charge in [-0.3, -0.25) is 4.79 Å². The first kappa shape index (κ1) is 22.8. The molecule has 7 aromatic rings. The Bertz CT molecular complexity index is 1980. The first-order valence-electron chi connectivity index (χ1n) is 12.7. The van der Waals surface area contributed by atoms with Crippen LogP contribution in [-0.4, -0.2) is 15.0 Å². The lowest BCUT2D eigenvalue weighted by Gasteiger charge is -2.12. The van der Waals surface area contributed by atoms with Crippen LogP contribution in [0.2, 0.25) is 0 Å². The standard InChI is InChI=1S/C34H21N3O2/c38-31-27-17-9-10-18-29(27)39-30-20-19-24(21-28(30)31)25-15-7-8-16-26(25)34-36-32(22-11-3-1-4-12-22)35-33(37-34)23-13-5-2-6-14-23/h1-21H. The summed E-state index contributed by atoms with van der Waals surface area (Å²) in [5.41, 5.74) is 5.53. The van der Waals surface area contributed by atoms with E-state index < -0.39 is 0 Å². The van der Waals surface area contributed by atoms with Crippen LogP contribution in [0.1, 0.15) is 0 Å². The van der Waals surface area contributed by atoms with Gasteiger partial charge in [0, 0.05) is 16.7 Å². The summed E-state index contributed by atoms with van der Waals surface area (Å²) in [6.07, 6.45) is 0. The van der Waals surface area contributed by atoms with E-state index in [1.807, 2.05) is 121 Å². The molecule has 7 rings (SSSR count). The van der Waals surface area contributed by atoms with Crippen molar-refractivity contribution in [3.63, 3.8) is 0 Å². The van der Waals surface area contributed by atoms with Crippen molar-refractivity contribution in [2.45, 2.75) is 0 Å². The van der Waals surface area contributed by atoms with Crippen molar-refractivity contribution in [2.75, 3.05) is 0 Å². The fourth-order valence-corrected chi connectivity index (χ4v) is 4.83. The molecule has 5 aromatic carbocycles. The molecule has 0 radical (unpaired) electrons. The number of benzene rings is 5. The highest BCUT2D eigenvalue weighted by atomic mass is 16.3. The van der Waals surface area contributed by atoms with Crippen LogP contribution in [0.4, 0.5) is 0 Å². The molecule has 184 valence electrons. The second-order valence-corrected chi connectivity index (χ2v) is 9.22. The molecule has 0 N–H and O–H groups in total. The summed E-state index contributed by atoms with van der Waals surface area (Å²) < 4.78 is 6.03.